The Morgan fingerprint density at radius 3 is 2.29 bits per heavy atom. The van der Waals surface area contributed by atoms with Crippen molar-refractivity contribution in [3.05, 3.63) is 28.7 Å². The number of likely N-dealkylation sites (tertiary alicyclic amines) is 1. The van der Waals surface area contributed by atoms with Gasteiger partial charge in [-0.2, -0.15) is 0 Å². The highest BCUT2D eigenvalue weighted by molar-refractivity contribution is 9.10. The number of hydrogen-bond donors (Lipinski definition) is 1. The van der Waals surface area contributed by atoms with Crippen LogP contribution in [0, 0.1) is 0 Å². The van der Waals surface area contributed by atoms with Gasteiger partial charge >= 0.3 is 0 Å². The van der Waals surface area contributed by atoms with Crippen LogP contribution >= 0.6 is 15.9 Å². The van der Waals surface area contributed by atoms with Crippen LogP contribution < -0.4 is 4.72 Å². The maximum absolute atomic E-state index is 12.4. The van der Waals surface area contributed by atoms with E-state index in [1.54, 1.807) is 29.2 Å². The standard InChI is InChI=1S/C16H21BrN2O4S/c1-12(20)2-7-16(21)19-10-8-14(9-11-19)18-24(22,23)15-5-3-13(17)4-6-15/h3-6,14,18H,2,7-11H2,1H3. The van der Waals surface area contributed by atoms with E-state index in [9.17, 15) is 18.0 Å². The Kier molecular flexibility index (Phi) is 6.54. The first-order chi connectivity index (χ1) is 11.3. The summed E-state index contributed by atoms with van der Waals surface area (Å²) >= 11 is 3.28. The van der Waals surface area contributed by atoms with Crippen LogP contribution in [-0.4, -0.2) is 44.1 Å². The number of nitrogens with zero attached hydrogens (tertiary/aromatic N) is 1. The van der Waals surface area contributed by atoms with Crippen molar-refractivity contribution >= 4 is 37.6 Å². The highest BCUT2D eigenvalue weighted by Crippen LogP contribution is 2.18. The minimum atomic E-state index is -3.55. The van der Waals surface area contributed by atoms with Gasteiger partial charge in [0.1, 0.15) is 5.78 Å². The third kappa shape index (κ3) is 5.39. The average Bonchev–Trinajstić information content (AvgIpc) is 2.53. The third-order valence-corrected chi connectivity index (χ3v) is 6.05. The molecule has 0 spiro atoms. The molecule has 0 unspecified atom stereocenters. The Labute approximate surface area is 150 Å². The molecule has 0 saturated carbocycles. The first kappa shape index (κ1) is 19.1. The lowest BCUT2D eigenvalue weighted by Crippen LogP contribution is -2.46. The van der Waals surface area contributed by atoms with Crippen molar-refractivity contribution in [2.75, 3.05) is 13.1 Å². The number of benzene rings is 1. The van der Waals surface area contributed by atoms with Gasteiger partial charge in [-0.25, -0.2) is 13.1 Å². The minimum absolute atomic E-state index is 0.000457. The number of amides is 1. The summed E-state index contributed by atoms with van der Waals surface area (Å²) in [4.78, 5) is 24.9. The molecule has 6 nitrogen and oxygen atoms in total. The number of nitrogens with one attached hydrogen (secondary N) is 1. The van der Waals surface area contributed by atoms with Crippen molar-refractivity contribution in [3.63, 3.8) is 0 Å². The molecule has 0 radical (unpaired) electrons. The second-order valence-corrected chi connectivity index (χ2v) is 8.56. The third-order valence-electron chi connectivity index (χ3n) is 3.98. The molecular formula is C16H21BrN2O4S. The molecule has 0 atom stereocenters. The summed E-state index contributed by atoms with van der Waals surface area (Å²) in [5, 5.41) is 0. The van der Waals surface area contributed by atoms with Crippen molar-refractivity contribution in [3.8, 4) is 0 Å². The van der Waals surface area contributed by atoms with E-state index in [2.05, 4.69) is 20.7 Å². The number of carbonyl (C=O) groups is 2. The summed E-state index contributed by atoms with van der Waals surface area (Å²) in [7, 11) is -3.55. The summed E-state index contributed by atoms with van der Waals surface area (Å²) < 4.78 is 28.2. The van der Waals surface area contributed by atoms with E-state index in [0.29, 0.717) is 25.9 Å². The van der Waals surface area contributed by atoms with Crippen LogP contribution in [0.15, 0.2) is 33.6 Å². The van der Waals surface area contributed by atoms with E-state index in [1.807, 2.05) is 0 Å². The summed E-state index contributed by atoms with van der Waals surface area (Å²) in [5.74, 6) is -0.0417. The van der Waals surface area contributed by atoms with Gasteiger partial charge in [0.25, 0.3) is 0 Å². The van der Waals surface area contributed by atoms with Gasteiger partial charge in [0, 0.05) is 36.4 Å². The summed E-state index contributed by atoms with van der Waals surface area (Å²) in [6.07, 6.45) is 1.63. The Morgan fingerprint density at radius 1 is 1.17 bits per heavy atom. The van der Waals surface area contributed by atoms with Gasteiger partial charge in [-0.1, -0.05) is 15.9 Å². The Hall–Kier alpha value is -1.25. The molecule has 0 aliphatic carbocycles. The quantitative estimate of drug-likeness (QED) is 0.769. The maximum atomic E-state index is 12.4. The molecule has 0 aromatic heterocycles. The lowest BCUT2D eigenvalue weighted by molar-refractivity contribution is -0.133. The van der Waals surface area contributed by atoms with Gasteiger partial charge in [-0.15, -0.1) is 0 Å². The van der Waals surface area contributed by atoms with Gasteiger partial charge in [0.05, 0.1) is 4.90 Å². The van der Waals surface area contributed by atoms with Crippen molar-refractivity contribution in [2.24, 2.45) is 0 Å². The lowest BCUT2D eigenvalue weighted by Gasteiger charge is -2.32. The van der Waals surface area contributed by atoms with Crippen molar-refractivity contribution < 1.29 is 18.0 Å². The molecule has 132 valence electrons. The van der Waals surface area contributed by atoms with E-state index in [-0.39, 0.29) is 35.5 Å². The number of Topliss-reactive ketones (excluding diaryl/α,β-unsaturated/α-hetero) is 1. The van der Waals surface area contributed by atoms with Crippen LogP contribution in [0.1, 0.15) is 32.6 Å². The molecule has 1 fully saturated rings. The fraction of sp³-hybridized carbons (Fsp3) is 0.500. The number of piperidine rings is 1. The number of rotatable bonds is 6. The Bertz CT molecular complexity index is 695. The highest BCUT2D eigenvalue weighted by Gasteiger charge is 2.26. The Morgan fingerprint density at radius 2 is 1.75 bits per heavy atom. The molecule has 1 N–H and O–H groups in total. The van der Waals surface area contributed by atoms with Crippen LogP contribution in [0.25, 0.3) is 0 Å². The van der Waals surface area contributed by atoms with E-state index >= 15 is 0 Å². The van der Waals surface area contributed by atoms with Crippen LogP contribution in [0.4, 0.5) is 0 Å². The molecule has 0 bridgehead atoms. The molecule has 2 rings (SSSR count). The fourth-order valence-electron chi connectivity index (χ4n) is 2.59. The summed E-state index contributed by atoms with van der Waals surface area (Å²) in [6, 6.07) is 6.28. The topological polar surface area (TPSA) is 83.6 Å². The first-order valence-corrected chi connectivity index (χ1v) is 10.1. The zero-order chi connectivity index (χ0) is 17.7. The maximum Gasteiger partial charge on any atom is 0.240 e. The average molecular weight is 417 g/mol. The van der Waals surface area contributed by atoms with Gasteiger partial charge in [0.2, 0.25) is 15.9 Å². The van der Waals surface area contributed by atoms with Gasteiger partial charge in [0.15, 0.2) is 0 Å². The van der Waals surface area contributed by atoms with Crippen LogP contribution in [0.3, 0.4) is 0 Å². The zero-order valence-corrected chi connectivity index (χ0v) is 15.9. The van der Waals surface area contributed by atoms with Crippen molar-refractivity contribution in [1.82, 2.24) is 9.62 Å². The molecule has 1 aromatic carbocycles. The summed E-state index contributed by atoms with van der Waals surface area (Å²) in [6.45, 7) is 2.48. The second-order valence-electron chi connectivity index (χ2n) is 5.93. The number of halogens is 1. The predicted octanol–water partition coefficient (Wildman–Crippen LogP) is 2.09. The van der Waals surface area contributed by atoms with E-state index in [1.165, 1.54) is 6.92 Å². The molecule has 8 heteroatoms. The number of carbonyl (C=O) groups excluding carboxylic acids is 2. The number of ketones is 1. The van der Waals surface area contributed by atoms with Gasteiger partial charge in [-0.3, -0.25) is 4.79 Å². The molecule has 1 heterocycles. The monoisotopic (exact) mass is 416 g/mol. The lowest BCUT2D eigenvalue weighted by atomic mass is 10.1. The first-order valence-electron chi connectivity index (χ1n) is 7.83. The van der Waals surface area contributed by atoms with Crippen LogP contribution in [0.2, 0.25) is 0 Å². The molecule has 1 saturated heterocycles. The molecule has 1 aromatic rings. The van der Waals surface area contributed by atoms with E-state index in [4.69, 9.17) is 0 Å². The molecule has 1 aliphatic heterocycles. The van der Waals surface area contributed by atoms with E-state index in [0.717, 1.165) is 4.47 Å². The minimum Gasteiger partial charge on any atom is -0.343 e. The Balaban J connectivity index is 1.87. The summed E-state index contributed by atoms with van der Waals surface area (Å²) in [5.41, 5.74) is 0. The largest absolute Gasteiger partial charge is 0.343 e. The van der Waals surface area contributed by atoms with Crippen LogP contribution in [0.5, 0.6) is 0 Å². The predicted molar refractivity (Wildman–Crippen MR) is 94.0 cm³/mol. The highest BCUT2D eigenvalue weighted by atomic mass is 79.9. The van der Waals surface area contributed by atoms with Crippen molar-refractivity contribution in [1.29, 1.82) is 0 Å². The second kappa shape index (κ2) is 8.22. The SMILES string of the molecule is CC(=O)CCC(=O)N1CCC(NS(=O)(=O)c2ccc(Br)cc2)CC1. The molecular weight excluding hydrogens is 396 g/mol. The molecule has 1 amide bonds. The zero-order valence-electron chi connectivity index (χ0n) is 13.5. The molecule has 24 heavy (non-hydrogen) atoms. The van der Waals surface area contributed by atoms with Gasteiger partial charge < -0.3 is 9.69 Å². The smallest absolute Gasteiger partial charge is 0.240 e. The van der Waals surface area contributed by atoms with Crippen molar-refractivity contribution in [2.45, 2.75) is 43.5 Å². The number of sulfonamides is 1. The molecule has 1 aliphatic rings. The van der Waals surface area contributed by atoms with Crippen LogP contribution in [-0.2, 0) is 19.6 Å². The van der Waals surface area contributed by atoms with Gasteiger partial charge in [-0.05, 0) is 44.0 Å². The number of hydrogen-bond acceptors (Lipinski definition) is 4. The normalized spacial score (nSPS) is 16.2. The fourth-order valence-corrected chi connectivity index (χ4v) is 4.16. The van der Waals surface area contributed by atoms with E-state index < -0.39 is 10.0 Å².